The summed E-state index contributed by atoms with van der Waals surface area (Å²) >= 11 is 6.53. The predicted molar refractivity (Wildman–Crippen MR) is 105 cm³/mol. The highest BCUT2D eigenvalue weighted by Crippen LogP contribution is 2.42. The minimum Gasteiger partial charge on any atom is -0.493 e. The lowest BCUT2D eigenvalue weighted by Crippen LogP contribution is -2.29. The number of carboxylic acids is 1. The highest BCUT2D eigenvalue weighted by atomic mass is 32.2. The average molecular weight is 409 g/mol. The third-order valence-corrected chi connectivity index (χ3v) is 5.42. The standard InChI is InChI=1S/C18H19NO6S2/c1-23-12-8-11(9-13-16(12)25-7-6-24-13)10-14-17(22)19(18(26)27-14)5-3-2-4-15(20)21/h8-10H,2-7H2,1H3,(H,20,21)/b14-10-. The largest absolute Gasteiger partial charge is 0.493 e. The van der Waals surface area contributed by atoms with Crippen LogP contribution in [0.25, 0.3) is 6.08 Å². The third kappa shape index (κ3) is 4.54. The molecule has 1 fully saturated rings. The minimum absolute atomic E-state index is 0.0849. The van der Waals surface area contributed by atoms with E-state index in [1.54, 1.807) is 25.3 Å². The highest BCUT2D eigenvalue weighted by Gasteiger charge is 2.31. The molecule has 0 radical (unpaired) electrons. The van der Waals surface area contributed by atoms with Crippen LogP contribution < -0.4 is 14.2 Å². The molecule has 0 saturated carbocycles. The van der Waals surface area contributed by atoms with E-state index in [2.05, 4.69) is 0 Å². The van der Waals surface area contributed by atoms with E-state index in [0.717, 1.165) is 5.56 Å². The summed E-state index contributed by atoms with van der Waals surface area (Å²) in [4.78, 5) is 25.3. The molecule has 9 heteroatoms. The second-order valence-corrected chi connectivity index (χ2v) is 7.61. The van der Waals surface area contributed by atoms with Gasteiger partial charge in [-0.1, -0.05) is 24.0 Å². The number of thioether (sulfide) groups is 1. The Morgan fingerprint density at radius 1 is 1.37 bits per heavy atom. The van der Waals surface area contributed by atoms with Gasteiger partial charge >= 0.3 is 5.97 Å². The number of amides is 1. The highest BCUT2D eigenvalue weighted by molar-refractivity contribution is 8.26. The molecule has 0 aromatic heterocycles. The molecule has 1 aromatic rings. The third-order valence-electron chi connectivity index (χ3n) is 4.04. The number of thiocarbonyl (C=S) groups is 1. The molecule has 0 aliphatic carbocycles. The van der Waals surface area contributed by atoms with Crippen molar-refractivity contribution in [3.63, 3.8) is 0 Å². The Balaban J connectivity index is 1.74. The quantitative estimate of drug-likeness (QED) is 0.418. The van der Waals surface area contributed by atoms with Gasteiger partial charge in [0.1, 0.15) is 17.5 Å². The van der Waals surface area contributed by atoms with Crippen molar-refractivity contribution < 1.29 is 28.9 Å². The fourth-order valence-electron chi connectivity index (χ4n) is 2.77. The van der Waals surface area contributed by atoms with Crippen LogP contribution in [-0.4, -0.2) is 53.1 Å². The van der Waals surface area contributed by atoms with Crippen molar-refractivity contribution in [3.05, 3.63) is 22.6 Å². The molecule has 0 spiro atoms. The number of carboxylic acid groups (broad SMARTS) is 1. The maximum absolute atomic E-state index is 12.6. The van der Waals surface area contributed by atoms with Crippen LogP contribution in [0.2, 0.25) is 0 Å². The number of carbonyl (C=O) groups excluding carboxylic acids is 1. The number of hydrogen-bond donors (Lipinski definition) is 1. The van der Waals surface area contributed by atoms with Crippen LogP contribution in [0.4, 0.5) is 0 Å². The first kappa shape index (κ1) is 19.5. The Morgan fingerprint density at radius 3 is 2.89 bits per heavy atom. The molecule has 0 bridgehead atoms. The molecule has 1 N–H and O–H groups in total. The van der Waals surface area contributed by atoms with Crippen molar-refractivity contribution in [2.24, 2.45) is 0 Å². The zero-order chi connectivity index (χ0) is 19.4. The Hall–Kier alpha value is -2.26. The molecule has 1 amide bonds. The summed E-state index contributed by atoms with van der Waals surface area (Å²) in [6.45, 7) is 1.33. The summed E-state index contributed by atoms with van der Waals surface area (Å²) in [7, 11) is 1.55. The summed E-state index contributed by atoms with van der Waals surface area (Å²) < 4.78 is 17.0. The normalized spacial score (nSPS) is 17.5. The van der Waals surface area contributed by atoms with E-state index >= 15 is 0 Å². The number of carbonyl (C=O) groups is 2. The van der Waals surface area contributed by atoms with Crippen LogP contribution in [0.1, 0.15) is 24.8 Å². The van der Waals surface area contributed by atoms with Gasteiger partial charge in [0.15, 0.2) is 11.5 Å². The van der Waals surface area contributed by atoms with Gasteiger partial charge in [0, 0.05) is 13.0 Å². The Morgan fingerprint density at radius 2 is 2.15 bits per heavy atom. The fraction of sp³-hybridized carbons (Fsp3) is 0.389. The Kier molecular flexibility index (Phi) is 6.22. The molecule has 2 aliphatic heterocycles. The number of unbranched alkanes of at least 4 members (excludes halogenated alkanes) is 1. The van der Waals surface area contributed by atoms with Crippen LogP contribution >= 0.6 is 24.0 Å². The molecule has 27 heavy (non-hydrogen) atoms. The second kappa shape index (κ2) is 8.62. The van der Waals surface area contributed by atoms with Crippen LogP contribution in [-0.2, 0) is 9.59 Å². The van der Waals surface area contributed by atoms with E-state index in [4.69, 9.17) is 31.5 Å². The van der Waals surface area contributed by atoms with Crippen molar-refractivity contribution in [1.82, 2.24) is 4.90 Å². The number of methoxy groups -OCH3 is 1. The number of ether oxygens (including phenoxy) is 3. The zero-order valence-corrected chi connectivity index (χ0v) is 16.4. The zero-order valence-electron chi connectivity index (χ0n) is 14.7. The van der Waals surface area contributed by atoms with Crippen molar-refractivity contribution in [2.45, 2.75) is 19.3 Å². The molecule has 2 aliphatic rings. The lowest BCUT2D eigenvalue weighted by Gasteiger charge is -2.21. The van der Waals surface area contributed by atoms with E-state index in [1.165, 1.54) is 16.7 Å². The summed E-state index contributed by atoms with van der Waals surface area (Å²) in [5, 5.41) is 8.69. The molecule has 7 nitrogen and oxygen atoms in total. The van der Waals surface area contributed by atoms with Gasteiger partial charge in [0.25, 0.3) is 5.91 Å². The number of nitrogens with zero attached hydrogens (tertiary/aromatic N) is 1. The van der Waals surface area contributed by atoms with Crippen LogP contribution in [0.5, 0.6) is 17.2 Å². The lowest BCUT2D eigenvalue weighted by molar-refractivity contribution is -0.137. The SMILES string of the molecule is COc1cc(/C=C2\SC(=S)N(CCCCC(=O)O)C2=O)cc2c1OCCO2. The first-order valence-electron chi connectivity index (χ1n) is 8.44. The smallest absolute Gasteiger partial charge is 0.303 e. The number of hydrogen-bond acceptors (Lipinski definition) is 7. The predicted octanol–water partition coefficient (Wildman–Crippen LogP) is 2.92. The van der Waals surface area contributed by atoms with Gasteiger partial charge in [-0.25, -0.2) is 0 Å². The average Bonchev–Trinajstić information content (AvgIpc) is 2.91. The second-order valence-electron chi connectivity index (χ2n) is 5.93. The molecule has 2 heterocycles. The van der Waals surface area contributed by atoms with Gasteiger partial charge in [-0.2, -0.15) is 0 Å². The first-order valence-corrected chi connectivity index (χ1v) is 9.67. The van der Waals surface area contributed by atoms with Gasteiger partial charge in [-0.05, 0) is 36.6 Å². The molecule has 0 atom stereocenters. The van der Waals surface area contributed by atoms with Crippen LogP contribution in [0.15, 0.2) is 17.0 Å². The molecule has 1 aromatic carbocycles. The van der Waals surface area contributed by atoms with E-state index in [9.17, 15) is 9.59 Å². The number of rotatable bonds is 7. The first-order chi connectivity index (χ1) is 13.0. The molecule has 1 saturated heterocycles. The Labute approximate surface area is 166 Å². The monoisotopic (exact) mass is 409 g/mol. The van der Waals surface area contributed by atoms with Crippen molar-refractivity contribution in [1.29, 1.82) is 0 Å². The van der Waals surface area contributed by atoms with E-state index in [0.29, 0.717) is 59.1 Å². The topological polar surface area (TPSA) is 85.3 Å². The number of fused-ring (bicyclic) bond motifs is 1. The van der Waals surface area contributed by atoms with Crippen LogP contribution in [0.3, 0.4) is 0 Å². The van der Waals surface area contributed by atoms with Gasteiger partial charge < -0.3 is 19.3 Å². The van der Waals surface area contributed by atoms with Gasteiger partial charge in [-0.15, -0.1) is 0 Å². The Bertz CT molecular complexity index is 790. The van der Waals surface area contributed by atoms with Gasteiger partial charge in [-0.3, -0.25) is 14.5 Å². The summed E-state index contributed by atoms with van der Waals surface area (Å²) in [6, 6.07) is 3.59. The van der Waals surface area contributed by atoms with Gasteiger partial charge in [0.2, 0.25) is 5.75 Å². The molecule has 144 valence electrons. The lowest BCUT2D eigenvalue weighted by atomic mass is 10.1. The molecule has 0 unspecified atom stereocenters. The van der Waals surface area contributed by atoms with Crippen LogP contribution in [0, 0.1) is 0 Å². The summed E-state index contributed by atoms with van der Waals surface area (Å²) in [6.07, 6.45) is 2.92. The van der Waals surface area contributed by atoms with E-state index in [-0.39, 0.29) is 12.3 Å². The van der Waals surface area contributed by atoms with E-state index in [1.807, 2.05) is 0 Å². The van der Waals surface area contributed by atoms with Crippen molar-refractivity contribution >= 4 is 46.3 Å². The minimum atomic E-state index is -0.840. The summed E-state index contributed by atoms with van der Waals surface area (Å²) in [5.41, 5.74) is 0.752. The molecular weight excluding hydrogens is 390 g/mol. The number of aliphatic carboxylic acids is 1. The summed E-state index contributed by atoms with van der Waals surface area (Å²) in [5.74, 6) is 0.674. The van der Waals surface area contributed by atoms with Crippen molar-refractivity contribution in [2.75, 3.05) is 26.9 Å². The maximum Gasteiger partial charge on any atom is 0.303 e. The molecular formula is C18H19NO6S2. The fourth-order valence-corrected chi connectivity index (χ4v) is 4.08. The number of benzene rings is 1. The van der Waals surface area contributed by atoms with Crippen molar-refractivity contribution in [3.8, 4) is 17.2 Å². The molecule has 3 rings (SSSR count). The van der Waals surface area contributed by atoms with Gasteiger partial charge in [0.05, 0.1) is 12.0 Å². The maximum atomic E-state index is 12.6. The van der Waals surface area contributed by atoms with E-state index < -0.39 is 5.97 Å².